The molecule has 1 aromatic carbocycles. The summed E-state index contributed by atoms with van der Waals surface area (Å²) in [6, 6.07) is 10.3. The van der Waals surface area contributed by atoms with E-state index in [0.29, 0.717) is 5.92 Å². The third-order valence-electron chi connectivity index (χ3n) is 3.24. The van der Waals surface area contributed by atoms with Crippen molar-refractivity contribution in [1.29, 1.82) is 0 Å². The Bertz CT molecular complexity index is 499. The molecule has 2 aromatic rings. The third-order valence-corrected chi connectivity index (χ3v) is 3.24. The normalized spacial score (nSPS) is 15.8. The summed E-state index contributed by atoms with van der Waals surface area (Å²) < 4.78 is 2.15. The lowest BCUT2D eigenvalue weighted by molar-refractivity contribution is 0.339. The van der Waals surface area contributed by atoms with Gasteiger partial charge in [-0.05, 0) is 38.1 Å². The first kappa shape index (κ1) is 10.5. The number of benzene rings is 1. The molecule has 4 heteroatoms. The van der Waals surface area contributed by atoms with Gasteiger partial charge in [0.05, 0.1) is 0 Å². The van der Waals surface area contributed by atoms with Gasteiger partial charge < -0.3 is 5.32 Å². The van der Waals surface area contributed by atoms with Crippen LogP contribution >= 0.6 is 0 Å². The van der Waals surface area contributed by atoms with E-state index in [4.69, 9.17) is 0 Å². The fraction of sp³-hybridized carbons (Fsp3) is 0.385. The summed E-state index contributed by atoms with van der Waals surface area (Å²) in [5, 5.41) is 11.8. The minimum absolute atomic E-state index is 0.709. The van der Waals surface area contributed by atoms with Gasteiger partial charge in [-0.1, -0.05) is 18.2 Å². The van der Waals surface area contributed by atoms with E-state index >= 15 is 0 Å². The Morgan fingerprint density at radius 1 is 1.24 bits per heavy atom. The smallest absolute Gasteiger partial charge is 0.137 e. The quantitative estimate of drug-likeness (QED) is 0.862. The highest BCUT2D eigenvalue weighted by Crippen LogP contribution is 2.17. The predicted octanol–water partition coefficient (Wildman–Crippen LogP) is 1.34. The summed E-state index contributed by atoms with van der Waals surface area (Å²) in [6.07, 6.45) is 1.00. The molecule has 0 radical (unpaired) electrons. The Labute approximate surface area is 101 Å². The van der Waals surface area contributed by atoms with Crippen LogP contribution < -0.4 is 5.32 Å². The second kappa shape index (κ2) is 4.30. The highest BCUT2D eigenvalue weighted by atomic mass is 15.3. The van der Waals surface area contributed by atoms with E-state index < -0.39 is 0 Å². The van der Waals surface area contributed by atoms with Crippen LogP contribution in [0.15, 0.2) is 30.3 Å². The largest absolute Gasteiger partial charge is 0.316 e. The molecular weight excluding hydrogens is 212 g/mol. The summed E-state index contributed by atoms with van der Waals surface area (Å²) in [6.45, 7) is 4.20. The van der Waals surface area contributed by atoms with Crippen LogP contribution in [0.4, 0.5) is 0 Å². The topological polar surface area (TPSA) is 42.7 Å². The van der Waals surface area contributed by atoms with Gasteiger partial charge in [-0.15, -0.1) is 10.2 Å². The van der Waals surface area contributed by atoms with Gasteiger partial charge in [0.2, 0.25) is 0 Å². The molecule has 0 atom stereocenters. The van der Waals surface area contributed by atoms with Gasteiger partial charge in [0, 0.05) is 12.1 Å². The molecule has 0 saturated carbocycles. The zero-order valence-electron chi connectivity index (χ0n) is 9.93. The van der Waals surface area contributed by atoms with Gasteiger partial charge in [0.25, 0.3) is 0 Å². The number of hydrogen-bond acceptors (Lipinski definition) is 3. The molecule has 1 fully saturated rings. The maximum Gasteiger partial charge on any atom is 0.137 e. The zero-order valence-corrected chi connectivity index (χ0v) is 9.93. The van der Waals surface area contributed by atoms with Gasteiger partial charge in [-0.25, -0.2) is 0 Å². The summed E-state index contributed by atoms with van der Waals surface area (Å²) >= 11 is 0. The van der Waals surface area contributed by atoms with Gasteiger partial charge in [0.1, 0.15) is 11.6 Å². The average Bonchev–Trinajstić information content (AvgIpc) is 2.66. The van der Waals surface area contributed by atoms with E-state index in [1.807, 2.05) is 25.1 Å². The Hall–Kier alpha value is -1.68. The van der Waals surface area contributed by atoms with Crippen LogP contribution in [0.25, 0.3) is 5.69 Å². The summed E-state index contributed by atoms with van der Waals surface area (Å²) in [5.74, 6) is 2.74. The van der Waals surface area contributed by atoms with Gasteiger partial charge in [-0.2, -0.15) is 0 Å². The molecule has 1 aliphatic rings. The minimum Gasteiger partial charge on any atom is -0.316 e. The molecule has 17 heavy (non-hydrogen) atoms. The lowest BCUT2D eigenvalue weighted by Gasteiger charge is -2.26. The van der Waals surface area contributed by atoms with Crippen molar-refractivity contribution in [3.63, 3.8) is 0 Å². The maximum absolute atomic E-state index is 4.30. The van der Waals surface area contributed by atoms with Gasteiger partial charge in [-0.3, -0.25) is 4.57 Å². The van der Waals surface area contributed by atoms with Crippen LogP contribution in [0, 0.1) is 12.8 Å². The van der Waals surface area contributed by atoms with Crippen molar-refractivity contribution in [2.45, 2.75) is 13.3 Å². The second-order valence-corrected chi connectivity index (χ2v) is 4.56. The fourth-order valence-electron chi connectivity index (χ4n) is 2.20. The van der Waals surface area contributed by atoms with E-state index in [1.54, 1.807) is 0 Å². The third kappa shape index (κ3) is 1.96. The lowest BCUT2D eigenvalue weighted by atomic mass is 9.99. The SMILES string of the molecule is Cc1nnc(CC2CNC2)n1-c1ccccc1. The molecule has 4 nitrogen and oxygen atoms in total. The van der Waals surface area contributed by atoms with Crippen LogP contribution in [-0.2, 0) is 6.42 Å². The monoisotopic (exact) mass is 228 g/mol. The minimum atomic E-state index is 0.709. The molecule has 1 saturated heterocycles. The van der Waals surface area contributed by atoms with E-state index in [2.05, 4.69) is 32.2 Å². The highest BCUT2D eigenvalue weighted by molar-refractivity contribution is 5.33. The molecule has 0 bridgehead atoms. The molecule has 1 aliphatic heterocycles. The first-order valence-electron chi connectivity index (χ1n) is 6.01. The fourth-order valence-corrected chi connectivity index (χ4v) is 2.20. The van der Waals surface area contributed by atoms with E-state index in [-0.39, 0.29) is 0 Å². The molecule has 1 aromatic heterocycles. The van der Waals surface area contributed by atoms with Crippen molar-refractivity contribution in [2.24, 2.45) is 5.92 Å². The molecule has 0 aliphatic carbocycles. The molecule has 0 spiro atoms. The van der Waals surface area contributed by atoms with Gasteiger partial charge in [0.15, 0.2) is 0 Å². The first-order valence-corrected chi connectivity index (χ1v) is 6.01. The maximum atomic E-state index is 4.30. The number of aromatic nitrogens is 3. The Morgan fingerprint density at radius 2 is 2.00 bits per heavy atom. The molecule has 3 rings (SSSR count). The van der Waals surface area contributed by atoms with Crippen molar-refractivity contribution in [3.8, 4) is 5.69 Å². The molecule has 0 unspecified atom stereocenters. The molecular formula is C13H16N4. The van der Waals surface area contributed by atoms with E-state index in [1.165, 1.54) is 0 Å². The predicted molar refractivity (Wildman–Crippen MR) is 66.2 cm³/mol. The summed E-state index contributed by atoms with van der Waals surface area (Å²) in [7, 11) is 0. The van der Waals surface area contributed by atoms with Crippen LogP contribution in [0.3, 0.4) is 0 Å². The highest BCUT2D eigenvalue weighted by Gasteiger charge is 2.21. The first-order chi connectivity index (χ1) is 8.34. The molecule has 2 heterocycles. The number of nitrogens with one attached hydrogen (secondary N) is 1. The van der Waals surface area contributed by atoms with Crippen LogP contribution in [-0.4, -0.2) is 27.9 Å². The lowest BCUT2D eigenvalue weighted by Crippen LogP contribution is -2.43. The number of para-hydroxylation sites is 1. The van der Waals surface area contributed by atoms with Gasteiger partial charge >= 0.3 is 0 Å². The number of hydrogen-bond donors (Lipinski definition) is 1. The van der Waals surface area contributed by atoms with Crippen LogP contribution in [0.5, 0.6) is 0 Å². The van der Waals surface area contributed by atoms with Crippen LogP contribution in [0.2, 0.25) is 0 Å². The van der Waals surface area contributed by atoms with E-state index in [0.717, 1.165) is 36.8 Å². The van der Waals surface area contributed by atoms with Crippen molar-refractivity contribution in [3.05, 3.63) is 42.0 Å². The van der Waals surface area contributed by atoms with E-state index in [9.17, 15) is 0 Å². The molecule has 1 N–H and O–H groups in total. The Kier molecular flexibility index (Phi) is 2.65. The average molecular weight is 228 g/mol. The zero-order chi connectivity index (χ0) is 11.7. The Morgan fingerprint density at radius 3 is 2.65 bits per heavy atom. The van der Waals surface area contributed by atoms with Crippen molar-refractivity contribution < 1.29 is 0 Å². The number of rotatable bonds is 3. The van der Waals surface area contributed by atoms with Crippen molar-refractivity contribution in [2.75, 3.05) is 13.1 Å². The van der Waals surface area contributed by atoms with Crippen molar-refractivity contribution >= 4 is 0 Å². The standard InChI is InChI=1S/C13H16N4/c1-10-15-16-13(7-11-8-14-9-11)17(10)12-5-3-2-4-6-12/h2-6,11,14H,7-9H2,1H3. The second-order valence-electron chi connectivity index (χ2n) is 4.56. The van der Waals surface area contributed by atoms with Crippen LogP contribution in [0.1, 0.15) is 11.6 Å². The summed E-state index contributed by atoms with van der Waals surface area (Å²) in [5.41, 5.74) is 1.15. The molecule has 0 amide bonds. The number of nitrogens with zero attached hydrogens (tertiary/aromatic N) is 3. The van der Waals surface area contributed by atoms with Crippen molar-refractivity contribution in [1.82, 2.24) is 20.1 Å². The molecule has 88 valence electrons. The summed E-state index contributed by atoms with van der Waals surface area (Å²) in [4.78, 5) is 0. The Balaban J connectivity index is 1.94. The number of aryl methyl sites for hydroxylation is 1.